The fourth-order valence-electron chi connectivity index (χ4n) is 2.39. The summed E-state index contributed by atoms with van der Waals surface area (Å²) < 4.78 is 1.88. The van der Waals surface area contributed by atoms with Gasteiger partial charge in [-0.05, 0) is 19.9 Å². The first-order chi connectivity index (χ1) is 10.6. The lowest BCUT2D eigenvalue weighted by atomic mass is 10.1. The van der Waals surface area contributed by atoms with Gasteiger partial charge in [0.15, 0.2) is 0 Å². The van der Waals surface area contributed by atoms with E-state index in [9.17, 15) is 0 Å². The molecule has 0 spiro atoms. The van der Waals surface area contributed by atoms with Crippen molar-refractivity contribution in [2.75, 3.05) is 11.9 Å². The monoisotopic (exact) mass is 314 g/mol. The van der Waals surface area contributed by atoms with Gasteiger partial charge in [-0.15, -0.1) is 11.3 Å². The van der Waals surface area contributed by atoms with E-state index in [1.54, 1.807) is 17.5 Å². The molecule has 114 valence electrons. The number of nitrogens with zero attached hydrogens (tertiary/aromatic N) is 5. The molecule has 3 aromatic rings. The Morgan fingerprint density at radius 1 is 1.23 bits per heavy atom. The molecule has 0 bridgehead atoms. The first-order valence-electron chi connectivity index (χ1n) is 7.11. The lowest BCUT2D eigenvalue weighted by Crippen LogP contribution is -2.08. The molecule has 3 heterocycles. The zero-order valence-corrected chi connectivity index (χ0v) is 13.7. The van der Waals surface area contributed by atoms with Gasteiger partial charge in [-0.1, -0.05) is 0 Å². The van der Waals surface area contributed by atoms with Gasteiger partial charge in [-0.2, -0.15) is 5.10 Å². The van der Waals surface area contributed by atoms with Crippen LogP contribution in [-0.2, 0) is 13.5 Å². The highest BCUT2D eigenvalue weighted by Gasteiger charge is 2.13. The molecule has 0 aromatic carbocycles. The SMILES string of the molecule is Cc1nn(C)c(C)c1-c1ccnc(NCCc2nccs2)n1. The van der Waals surface area contributed by atoms with Crippen molar-refractivity contribution in [1.29, 1.82) is 0 Å². The largest absolute Gasteiger partial charge is 0.354 e. The zero-order chi connectivity index (χ0) is 15.5. The molecule has 0 unspecified atom stereocenters. The molecule has 0 atom stereocenters. The van der Waals surface area contributed by atoms with E-state index in [-0.39, 0.29) is 0 Å². The van der Waals surface area contributed by atoms with Crippen molar-refractivity contribution < 1.29 is 0 Å². The Morgan fingerprint density at radius 2 is 2.09 bits per heavy atom. The van der Waals surface area contributed by atoms with E-state index in [0.29, 0.717) is 5.95 Å². The average molecular weight is 314 g/mol. The van der Waals surface area contributed by atoms with Gasteiger partial charge in [0, 0.05) is 49.0 Å². The lowest BCUT2D eigenvalue weighted by Gasteiger charge is -2.06. The van der Waals surface area contributed by atoms with Crippen molar-refractivity contribution in [3.8, 4) is 11.3 Å². The summed E-state index contributed by atoms with van der Waals surface area (Å²) in [4.78, 5) is 13.2. The highest BCUT2D eigenvalue weighted by molar-refractivity contribution is 7.09. The first-order valence-corrected chi connectivity index (χ1v) is 7.99. The number of aryl methyl sites for hydroxylation is 2. The van der Waals surface area contributed by atoms with Gasteiger partial charge in [0.25, 0.3) is 0 Å². The van der Waals surface area contributed by atoms with Crippen LogP contribution in [0.15, 0.2) is 23.8 Å². The maximum absolute atomic E-state index is 4.60. The summed E-state index contributed by atoms with van der Waals surface area (Å²) in [7, 11) is 1.94. The van der Waals surface area contributed by atoms with Crippen molar-refractivity contribution in [3.05, 3.63) is 40.2 Å². The number of rotatable bonds is 5. The highest BCUT2D eigenvalue weighted by Crippen LogP contribution is 2.24. The molecule has 0 amide bonds. The molecule has 0 saturated carbocycles. The maximum Gasteiger partial charge on any atom is 0.223 e. The Labute approximate surface area is 133 Å². The Kier molecular flexibility index (Phi) is 4.15. The van der Waals surface area contributed by atoms with Gasteiger partial charge in [0.2, 0.25) is 5.95 Å². The fourth-order valence-corrected chi connectivity index (χ4v) is 3.01. The van der Waals surface area contributed by atoms with E-state index < -0.39 is 0 Å². The van der Waals surface area contributed by atoms with E-state index in [2.05, 4.69) is 25.4 Å². The number of anilines is 1. The summed E-state index contributed by atoms with van der Waals surface area (Å²) >= 11 is 1.66. The smallest absolute Gasteiger partial charge is 0.223 e. The van der Waals surface area contributed by atoms with Crippen LogP contribution in [0.5, 0.6) is 0 Å². The number of aromatic nitrogens is 5. The molecule has 0 saturated heterocycles. The molecule has 0 aliphatic heterocycles. The van der Waals surface area contributed by atoms with Crippen molar-refractivity contribution in [3.63, 3.8) is 0 Å². The third-order valence-electron chi connectivity index (χ3n) is 3.53. The van der Waals surface area contributed by atoms with E-state index >= 15 is 0 Å². The van der Waals surface area contributed by atoms with Crippen LogP contribution in [0.1, 0.15) is 16.4 Å². The highest BCUT2D eigenvalue weighted by atomic mass is 32.1. The molecule has 1 N–H and O–H groups in total. The second kappa shape index (κ2) is 6.23. The van der Waals surface area contributed by atoms with Gasteiger partial charge >= 0.3 is 0 Å². The quantitative estimate of drug-likeness (QED) is 0.784. The molecule has 22 heavy (non-hydrogen) atoms. The maximum atomic E-state index is 4.60. The van der Waals surface area contributed by atoms with Crippen LogP contribution < -0.4 is 5.32 Å². The summed E-state index contributed by atoms with van der Waals surface area (Å²) in [5, 5.41) is 10.8. The van der Waals surface area contributed by atoms with Gasteiger partial charge in [-0.3, -0.25) is 4.68 Å². The van der Waals surface area contributed by atoms with Crippen molar-refractivity contribution in [1.82, 2.24) is 24.7 Å². The van der Waals surface area contributed by atoms with Crippen LogP contribution in [0, 0.1) is 13.8 Å². The van der Waals surface area contributed by atoms with Gasteiger partial charge in [0.1, 0.15) is 0 Å². The summed E-state index contributed by atoms with van der Waals surface area (Å²) in [5.74, 6) is 0.636. The molecule has 0 fully saturated rings. The van der Waals surface area contributed by atoms with Crippen molar-refractivity contribution in [2.45, 2.75) is 20.3 Å². The third-order valence-corrected chi connectivity index (χ3v) is 4.37. The van der Waals surface area contributed by atoms with Crippen LogP contribution in [0.3, 0.4) is 0 Å². The summed E-state index contributed by atoms with van der Waals surface area (Å²) in [5.41, 5.74) is 4.06. The van der Waals surface area contributed by atoms with Crippen LogP contribution >= 0.6 is 11.3 Å². The number of hydrogen-bond acceptors (Lipinski definition) is 6. The topological polar surface area (TPSA) is 68.5 Å². The molecule has 7 heteroatoms. The predicted molar refractivity (Wildman–Crippen MR) is 88.0 cm³/mol. The molecule has 3 aromatic heterocycles. The van der Waals surface area contributed by atoms with Crippen LogP contribution in [0.4, 0.5) is 5.95 Å². The van der Waals surface area contributed by atoms with E-state index in [0.717, 1.165) is 40.6 Å². The lowest BCUT2D eigenvalue weighted by molar-refractivity contribution is 0.731. The number of nitrogens with one attached hydrogen (secondary N) is 1. The minimum Gasteiger partial charge on any atom is -0.354 e. The van der Waals surface area contributed by atoms with Gasteiger partial charge < -0.3 is 5.32 Å². The molecule has 6 nitrogen and oxygen atoms in total. The average Bonchev–Trinajstić information content (AvgIpc) is 3.09. The molecule has 3 rings (SSSR count). The summed E-state index contributed by atoms with van der Waals surface area (Å²) in [6.07, 6.45) is 4.47. The van der Waals surface area contributed by atoms with Gasteiger partial charge in [0.05, 0.1) is 16.4 Å². The zero-order valence-electron chi connectivity index (χ0n) is 12.9. The van der Waals surface area contributed by atoms with Gasteiger partial charge in [-0.25, -0.2) is 15.0 Å². The Balaban J connectivity index is 1.75. The van der Waals surface area contributed by atoms with Crippen LogP contribution in [0.25, 0.3) is 11.3 Å². The van der Waals surface area contributed by atoms with Crippen molar-refractivity contribution >= 4 is 17.3 Å². The Hall–Kier alpha value is -2.28. The molecule has 0 radical (unpaired) electrons. The standard InChI is InChI=1S/C15H18N6S/c1-10-14(11(2)21(3)20-10)12-4-6-17-15(19-12)18-7-5-13-16-8-9-22-13/h4,6,8-9H,5,7H2,1-3H3,(H,17,18,19). The summed E-state index contributed by atoms with van der Waals surface area (Å²) in [6.45, 7) is 4.81. The molecule has 0 aliphatic carbocycles. The van der Waals surface area contributed by atoms with E-state index in [1.807, 2.05) is 43.2 Å². The van der Waals surface area contributed by atoms with E-state index in [1.165, 1.54) is 0 Å². The van der Waals surface area contributed by atoms with E-state index in [4.69, 9.17) is 0 Å². The number of thiazole rings is 1. The number of hydrogen-bond donors (Lipinski definition) is 1. The van der Waals surface area contributed by atoms with Crippen LogP contribution in [-0.4, -0.2) is 31.3 Å². The Morgan fingerprint density at radius 3 is 2.77 bits per heavy atom. The van der Waals surface area contributed by atoms with Crippen LogP contribution in [0.2, 0.25) is 0 Å². The predicted octanol–water partition coefficient (Wildman–Crippen LogP) is 2.61. The van der Waals surface area contributed by atoms with Crippen molar-refractivity contribution in [2.24, 2.45) is 7.05 Å². The third kappa shape index (κ3) is 2.99. The normalized spacial score (nSPS) is 10.9. The minimum atomic E-state index is 0.636. The second-order valence-electron chi connectivity index (χ2n) is 5.04. The fraction of sp³-hybridized carbons (Fsp3) is 0.333. The Bertz CT molecular complexity index is 762. The first kappa shape index (κ1) is 14.6. The molecule has 0 aliphatic rings. The minimum absolute atomic E-state index is 0.636. The molecular weight excluding hydrogens is 296 g/mol. The molecular formula is C15H18N6S. The second-order valence-corrected chi connectivity index (χ2v) is 6.02. The summed E-state index contributed by atoms with van der Waals surface area (Å²) in [6, 6.07) is 1.92.